The van der Waals surface area contributed by atoms with Crippen molar-refractivity contribution < 1.29 is 4.39 Å². The molecule has 0 aliphatic rings. The predicted molar refractivity (Wildman–Crippen MR) is 91.2 cm³/mol. The number of benzene rings is 1. The van der Waals surface area contributed by atoms with Crippen LogP contribution in [0.4, 0.5) is 4.39 Å². The highest BCUT2D eigenvalue weighted by atomic mass is 19.1. The minimum atomic E-state index is -0.273. The van der Waals surface area contributed by atoms with Gasteiger partial charge in [0.05, 0.1) is 12.0 Å². The lowest BCUT2D eigenvalue weighted by atomic mass is 10.1. The third-order valence-electron chi connectivity index (χ3n) is 3.49. The molecule has 0 aliphatic heterocycles. The van der Waals surface area contributed by atoms with E-state index in [2.05, 4.69) is 34.5 Å². The molecule has 1 aromatic carbocycles. The van der Waals surface area contributed by atoms with Crippen molar-refractivity contribution in [1.82, 2.24) is 20.2 Å². The molecule has 6 heteroatoms. The fraction of sp³-hybridized carbons (Fsp3) is 0.412. The van der Waals surface area contributed by atoms with Crippen LogP contribution in [-0.2, 0) is 6.54 Å². The number of hydrogen-bond acceptors (Lipinski definition) is 2. The first-order chi connectivity index (χ1) is 11.1. The third kappa shape index (κ3) is 5.09. The number of nitrogens with one attached hydrogen (secondary N) is 2. The molecule has 124 valence electrons. The molecule has 1 aromatic heterocycles. The maximum atomic E-state index is 14.2. The van der Waals surface area contributed by atoms with Crippen LogP contribution in [-0.4, -0.2) is 29.1 Å². The molecule has 2 rings (SSSR count). The van der Waals surface area contributed by atoms with Crippen molar-refractivity contribution in [3.63, 3.8) is 0 Å². The Bertz CT molecular complexity index is 634. The molecular formula is C17H24FN5. The van der Waals surface area contributed by atoms with Gasteiger partial charge in [0, 0.05) is 32.5 Å². The maximum absolute atomic E-state index is 14.2. The molecule has 5 nitrogen and oxygen atoms in total. The van der Waals surface area contributed by atoms with Crippen LogP contribution in [0.2, 0.25) is 0 Å². The largest absolute Gasteiger partial charge is 0.356 e. The van der Waals surface area contributed by atoms with Crippen LogP contribution in [0.15, 0.2) is 41.9 Å². The zero-order valence-corrected chi connectivity index (χ0v) is 13.9. The van der Waals surface area contributed by atoms with E-state index in [1.165, 1.54) is 6.07 Å². The number of aromatic nitrogens is 2. The highest BCUT2D eigenvalue weighted by molar-refractivity contribution is 5.79. The Balaban J connectivity index is 1.91. The minimum absolute atomic E-state index is 0.273. The number of rotatable bonds is 6. The van der Waals surface area contributed by atoms with Crippen LogP contribution in [0.25, 0.3) is 5.69 Å². The molecule has 0 radical (unpaired) electrons. The van der Waals surface area contributed by atoms with Crippen LogP contribution >= 0.6 is 0 Å². The average Bonchev–Trinajstić information content (AvgIpc) is 3.04. The number of imidazole rings is 1. The molecule has 2 aromatic rings. The molecule has 0 spiro atoms. The summed E-state index contributed by atoms with van der Waals surface area (Å²) in [4.78, 5) is 8.10. The summed E-state index contributed by atoms with van der Waals surface area (Å²) >= 11 is 0. The SMILES string of the molecule is CN=C(NCCC(C)C)NCc1ccc(-n2ccnc2)c(F)c1. The van der Waals surface area contributed by atoms with E-state index in [0.29, 0.717) is 18.2 Å². The van der Waals surface area contributed by atoms with Crippen LogP contribution in [0.3, 0.4) is 0 Å². The van der Waals surface area contributed by atoms with Crippen molar-refractivity contribution in [2.45, 2.75) is 26.8 Å². The molecule has 2 N–H and O–H groups in total. The van der Waals surface area contributed by atoms with Crippen molar-refractivity contribution in [2.75, 3.05) is 13.6 Å². The maximum Gasteiger partial charge on any atom is 0.191 e. The van der Waals surface area contributed by atoms with Gasteiger partial charge in [-0.2, -0.15) is 0 Å². The number of halogens is 1. The molecule has 0 unspecified atom stereocenters. The summed E-state index contributed by atoms with van der Waals surface area (Å²) < 4.78 is 15.8. The molecule has 0 saturated carbocycles. The molecule has 0 aliphatic carbocycles. The van der Waals surface area contributed by atoms with Gasteiger partial charge in [-0.15, -0.1) is 0 Å². The van der Waals surface area contributed by atoms with Crippen molar-refractivity contribution in [3.05, 3.63) is 48.3 Å². The van der Waals surface area contributed by atoms with Crippen molar-refractivity contribution in [2.24, 2.45) is 10.9 Å². The summed E-state index contributed by atoms with van der Waals surface area (Å²) in [6.45, 7) is 5.75. The van der Waals surface area contributed by atoms with E-state index in [1.54, 1.807) is 36.4 Å². The Morgan fingerprint density at radius 2 is 2.17 bits per heavy atom. The summed E-state index contributed by atoms with van der Waals surface area (Å²) in [7, 11) is 1.73. The number of hydrogen-bond donors (Lipinski definition) is 2. The first-order valence-electron chi connectivity index (χ1n) is 7.81. The zero-order chi connectivity index (χ0) is 16.7. The second-order valence-corrected chi connectivity index (χ2v) is 5.79. The highest BCUT2D eigenvalue weighted by Gasteiger charge is 2.06. The summed E-state index contributed by atoms with van der Waals surface area (Å²) in [5.74, 6) is 1.10. The monoisotopic (exact) mass is 317 g/mol. The van der Waals surface area contributed by atoms with Gasteiger partial charge in [0.15, 0.2) is 5.96 Å². The van der Waals surface area contributed by atoms with Crippen LogP contribution in [0, 0.1) is 11.7 Å². The second kappa shape index (κ2) is 8.31. The molecule has 0 atom stereocenters. The summed E-state index contributed by atoms with van der Waals surface area (Å²) in [6, 6.07) is 5.18. The smallest absolute Gasteiger partial charge is 0.191 e. The molecule has 23 heavy (non-hydrogen) atoms. The van der Waals surface area contributed by atoms with Gasteiger partial charge >= 0.3 is 0 Å². The van der Waals surface area contributed by atoms with Gasteiger partial charge in [-0.1, -0.05) is 19.9 Å². The lowest BCUT2D eigenvalue weighted by Gasteiger charge is -2.13. The van der Waals surface area contributed by atoms with E-state index >= 15 is 0 Å². The summed E-state index contributed by atoms with van der Waals surface area (Å²) in [5.41, 5.74) is 1.35. The lowest BCUT2D eigenvalue weighted by Crippen LogP contribution is -2.37. The van der Waals surface area contributed by atoms with Crippen molar-refractivity contribution >= 4 is 5.96 Å². The van der Waals surface area contributed by atoms with Crippen molar-refractivity contribution in [1.29, 1.82) is 0 Å². The predicted octanol–water partition coefficient (Wildman–Crippen LogP) is 2.72. The van der Waals surface area contributed by atoms with E-state index in [-0.39, 0.29) is 5.82 Å². The Labute approximate surface area is 136 Å². The fourth-order valence-corrected chi connectivity index (χ4v) is 2.16. The number of guanidine groups is 1. The standard InChI is InChI=1S/C17H24FN5/c1-13(2)6-7-21-17(19-3)22-11-14-4-5-16(15(18)10-14)23-9-8-20-12-23/h4-5,8-10,12-13H,6-7,11H2,1-3H3,(H2,19,21,22). The quantitative estimate of drug-likeness (QED) is 0.636. The Morgan fingerprint density at radius 1 is 1.35 bits per heavy atom. The van der Waals surface area contributed by atoms with Gasteiger partial charge in [0.2, 0.25) is 0 Å². The number of nitrogens with zero attached hydrogens (tertiary/aromatic N) is 3. The van der Waals surface area contributed by atoms with E-state index < -0.39 is 0 Å². The average molecular weight is 317 g/mol. The zero-order valence-electron chi connectivity index (χ0n) is 13.9. The first-order valence-corrected chi connectivity index (χ1v) is 7.81. The van der Waals surface area contributed by atoms with Crippen molar-refractivity contribution in [3.8, 4) is 5.69 Å². The van der Waals surface area contributed by atoms with Gasteiger partial charge < -0.3 is 15.2 Å². The fourth-order valence-electron chi connectivity index (χ4n) is 2.16. The van der Waals surface area contributed by atoms with Gasteiger partial charge in [-0.05, 0) is 30.0 Å². The minimum Gasteiger partial charge on any atom is -0.356 e. The van der Waals surface area contributed by atoms with Gasteiger partial charge in [0.25, 0.3) is 0 Å². The van der Waals surface area contributed by atoms with Gasteiger partial charge in [-0.25, -0.2) is 9.37 Å². The van der Waals surface area contributed by atoms with Gasteiger partial charge in [-0.3, -0.25) is 4.99 Å². The lowest BCUT2D eigenvalue weighted by molar-refractivity contribution is 0.573. The summed E-state index contributed by atoms with van der Waals surface area (Å²) in [6.07, 6.45) is 6.00. The topological polar surface area (TPSA) is 54.2 Å². The normalized spacial score (nSPS) is 11.8. The molecular weight excluding hydrogens is 293 g/mol. The molecule has 0 bridgehead atoms. The first kappa shape index (κ1) is 17.0. The molecule has 0 saturated heterocycles. The molecule has 0 amide bonds. The summed E-state index contributed by atoms with van der Waals surface area (Å²) in [5, 5.41) is 6.45. The Morgan fingerprint density at radius 3 is 2.78 bits per heavy atom. The Hall–Kier alpha value is -2.37. The van der Waals surface area contributed by atoms with Crippen LogP contribution in [0.1, 0.15) is 25.8 Å². The second-order valence-electron chi connectivity index (χ2n) is 5.79. The number of aliphatic imine (C=N–C) groups is 1. The molecule has 1 heterocycles. The van der Waals surface area contributed by atoms with E-state index in [9.17, 15) is 4.39 Å². The van der Waals surface area contributed by atoms with E-state index in [1.807, 2.05) is 6.07 Å². The van der Waals surface area contributed by atoms with Crippen LogP contribution in [0.5, 0.6) is 0 Å². The van der Waals surface area contributed by atoms with E-state index in [0.717, 1.165) is 24.5 Å². The van der Waals surface area contributed by atoms with Gasteiger partial charge in [0.1, 0.15) is 5.82 Å². The highest BCUT2D eigenvalue weighted by Crippen LogP contribution is 2.14. The molecule has 0 fully saturated rings. The van der Waals surface area contributed by atoms with E-state index in [4.69, 9.17) is 0 Å². The Kier molecular flexibility index (Phi) is 6.14. The third-order valence-corrected chi connectivity index (χ3v) is 3.49. The van der Waals surface area contributed by atoms with Crippen LogP contribution < -0.4 is 10.6 Å².